The summed E-state index contributed by atoms with van der Waals surface area (Å²) in [5.74, 6) is -1.58. The number of ether oxygens (including phenoxy) is 2. The summed E-state index contributed by atoms with van der Waals surface area (Å²) >= 11 is 0. The van der Waals surface area contributed by atoms with Gasteiger partial charge < -0.3 is 24.4 Å². The molecule has 0 aromatic heterocycles. The fourth-order valence-electron chi connectivity index (χ4n) is 2.73. The van der Waals surface area contributed by atoms with Crippen molar-refractivity contribution in [2.75, 3.05) is 40.0 Å². The summed E-state index contributed by atoms with van der Waals surface area (Å²) in [6, 6.07) is -0.637. The zero-order chi connectivity index (χ0) is 16.0. The number of hydrogen-bond donors (Lipinski definition) is 1. The van der Waals surface area contributed by atoms with Gasteiger partial charge in [-0.2, -0.15) is 0 Å². The number of carbonyl (C=O) groups is 2. The molecule has 0 radical (unpaired) electrons. The summed E-state index contributed by atoms with van der Waals surface area (Å²) in [5.41, 5.74) is 0. The second kappa shape index (κ2) is 8.19. The van der Waals surface area contributed by atoms with E-state index in [1.54, 1.807) is 16.9 Å². The number of nitrogens with zero attached hydrogens (tertiary/aromatic N) is 2. The van der Waals surface area contributed by atoms with E-state index in [2.05, 4.69) is 0 Å². The minimum absolute atomic E-state index is 0.0628. The van der Waals surface area contributed by atoms with E-state index in [0.717, 1.165) is 0 Å². The molecule has 122 valence electrons. The Balaban J connectivity index is 2.86. The van der Waals surface area contributed by atoms with E-state index in [-0.39, 0.29) is 25.3 Å². The summed E-state index contributed by atoms with van der Waals surface area (Å²) < 4.78 is 10.4. The van der Waals surface area contributed by atoms with Crippen LogP contribution in [0.2, 0.25) is 0 Å². The molecular weight excluding hydrogens is 276 g/mol. The Hall–Kier alpha value is -1.34. The molecule has 0 spiro atoms. The standard InChI is InChI=1S/C14H26N2O5/c1-5-15(10(3)7-20-4)14(19)16(6-2)12-9-21-8-11(12)13(17)18/h10-12H,5-9H2,1-4H3,(H,17,18). The predicted molar refractivity (Wildman–Crippen MR) is 77.2 cm³/mol. The number of carboxylic acid groups (broad SMARTS) is 1. The molecule has 7 nitrogen and oxygen atoms in total. The number of carboxylic acids is 1. The second-order valence-electron chi connectivity index (χ2n) is 5.21. The van der Waals surface area contributed by atoms with E-state index < -0.39 is 17.9 Å². The van der Waals surface area contributed by atoms with Crippen LogP contribution in [0.3, 0.4) is 0 Å². The third-order valence-electron chi connectivity index (χ3n) is 3.88. The van der Waals surface area contributed by atoms with Crippen molar-refractivity contribution in [3.05, 3.63) is 0 Å². The van der Waals surface area contributed by atoms with Crippen LogP contribution in [0.1, 0.15) is 20.8 Å². The molecule has 7 heteroatoms. The lowest BCUT2D eigenvalue weighted by Crippen LogP contribution is -2.54. The SMILES string of the molecule is CCN(C(=O)N(CC)C1COCC1C(=O)O)C(C)COC. The van der Waals surface area contributed by atoms with Crippen molar-refractivity contribution < 1.29 is 24.2 Å². The number of carbonyl (C=O) groups excluding carboxylic acids is 1. The van der Waals surface area contributed by atoms with Crippen LogP contribution in [-0.4, -0.2) is 79.0 Å². The average molecular weight is 302 g/mol. The summed E-state index contributed by atoms with van der Waals surface area (Å²) in [4.78, 5) is 27.3. The van der Waals surface area contributed by atoms with Gasteiger partial charge in [-0.05, 0) is 20.8 Å². The van der Waals surface area contributed by atoms with E-state index in [4.69, 9.17) is 9.47 Å². The first-order valence-corrected chi connectivity index (χ1v) is 7.34. The van der Waals surface area contributed by atoms with Crippen LogP contribution in [0.25, 0.3) is 0 Å². The van der Waals surface area contributed by atoms with Gasteiger partial charge in [0.15, 0.2) is 0 Å². The summed E-state index contributed by atoms with van der Waals surface area (Å²) in [5, 5.41) is 9.25. The Morgan fingerprint density at radius 1 is 1.33 bits per heavy atom. The summed E-state index contributed by atoms with van der Waals surface area (Å²) in [6.45, 7) is 7.54. The number of aliphatic carboxylic acids is 1. The topological polar surface area (TPSA) is 79.3 Å². The molecule has 0 aromatic rings. The number of likely N-dealkylation sites (N-methyl/N-ethyl adjacent to an activating group) is 2. The van der Waals surface area contributed by atoms with Crippen molar-refractivity contribution in [2.24, 2.45) is 5.92 Å². The molecule has 0 aromatic carbocycles. The van der Waals surface area contributed by atoms with Crippen LogP contribution in [0, 0.1) is 5.92 Å². The van der Waals surface area contributed by atoms with Gasteiger partial charge in [0, 0.05) is 20.2 Å². The molecule has 3 unspecified atom stereocenters. The van der Waals surface area contributed by atoms with Gasteiger partial charge in [-0.1, -0.05) is 0 Å². The number of methoxy groups -OCH3 is 1. The van der Waals surface area contributed by atoms with Crippen LogP contribution < -0.4 is 0 Å². The van der Waals surface area contributed by atoms with Gasteiger partial charge in [0.2, 0.25) is 0 Å². The Kier molecular flexibility index (Phi) is 6.91. The lowest BCUT2D eigenvalue weighted by Gasteiger charge is -2.36. The number of rotatable bonds is 7. The number of hydrogen-bond acceptors (Lipinski definition) is 4. The highest BCUT2D eigenvalue weighted by molar-refractivity contribution is 5.77. The molecule has 21 heavy (non-hydrogen) atoms. The minimum atomic E-state index is -0.920. The first-order valence-electron chi connectivity index (χ1n) is 7.34. The van der Waals surface area contributed by atoms with Gasteiger partial charge in [-0.3, -0.25) is 4.79 Å². The van der Waals surface area contributed by atoms with E-state index in [1.807, 2.05) is 20.8 Å². The first-order chi connectivity index (χ1) is 9.97. The van der Waals surface area contributed by atoms with E-state index in [9.17, 15) is 14.7 Å². The minimum Gasteiger partial charge on any atom is -0.481 e. The number of amides is 2. The Morgan fingerprint density at radius 2 is 2.00 bits per heavy atom. The predicted octanol–water partition coefficient (Wildman–Crippen LogP) is 0.885. The van der Waals surface area contributed by atoms with Gasteiger partial charge in [0.25, 0.3) is 0 Å². The maximum absolute atomic E-state index is 12.7. The molecule has 1 heterocycles. The molecule has 2 amide bonds. The van der Waals surface area contributed by atoms with E-state index >= 15 is 0 Å². The lowest BCUT2D eigenvalue weighted by atomic mass is 10.0. The highest BCUT2D eigenvalue weighted by Crippen LogP contribution is 2.22. The maximum atomic E-state index is 12.7. The van der Waals surface area contributed by atoms with E-state index in [0.29, 0.717) is 19.7 Å². The maximum Gasteiger partial charge on any atom is 0.320 e. The number of urea groups is 1. The molecule has 3 atom stereocenters. The molecule has 0 bridgehead atoms. The van der Waals surface area contributed by atoms with Crippen molar-refractivity contribution in [3.63, 3.8) is 0 Å². The largest absolute Gasteiger partial charge is 0.481 e. The van der Waals surface area contributed by atoms with Gasteiger partial charge in [0.1, 0.15) is 5.92 Å². The Morgan fingerprint density at radius 3 is 2.48 bits per heavy atom. The highest BCUT2D eigenvalue weighted by Gasteiger charge is 2.40. The van der Waals surface area contributed by atoms with Crippen LogP contribution in [0.5, 0.6) is 0 Å². The van der Waals surface area contributed by atoms with Crippen LogP contribution in [-0.2, 0) is 14.3 Å². The van der Waals surface area contributed by atoms with Crippen molar-refractivity contribution in [1.82, 2.24) is 9.80 Å². The van der Waals surface area contributed by atoms with Crippen molar-refractivity contribution in [3.8, 4) is 0 Å². The van der Waals surface area contributed by atoms with Gasteiger partial charge in [-0.25, -0.2) is 4.79 Å². The molecule has 1 fully saturated rings. The molecule has 0 saturated carbocycles. The van der Waals surface area contributed by atoms with Gasteiger partial charge >= 0.3 is 12.0 Å². The normalized spacial score (nSPS) is 22.9. The smallest absolute Gasteiger partial charge is 0.320 e. The molecule has 1 aliphatic heterocycles. The summed E-state index contributed by atoms with van der Waals surface area (Å²) in [7, 11) is 1.59. The molecule has 1 rings (SSSR count). The molecule has 1 saturated heterocycles. The Bertz CT molecular complexity index is 363. The van der Waals surface area contributed by atoms with Crippen molar-refractivity contribution in [2.45, 2.75) is 32.9 Å². The lowest BCUT2D eigenvalue weighted by molar-refractivity contribution is -0.142. The third kappa shape index (κ3) is 4.07. The molecular formula is C14H26N2O5. The fourth-order valence-corrected chi connectivity index (χ4v) is 2.73. The molecule has 1 aliphatic rings. The van der Waals surface area contributed by atoms with Crippen molar-refractivity contribution >= 4 is 12.0 Å². The second-order valence-corrected chi connectivity index (χ2v) is 5.21. The third-order valence-corrected chi connectivity index (χ3v) is 3.88. The average Bonchev–Trinajstić information content (AvgIpc) is 2.90. The van der Waals surface area contributed by atoms with Crippen molar-refractivity contribution in [1.29, 1.82) is 0 Å². The quantitative estimate of drug-likeness (QED) is 0.755. The first kappa shape index (κ1) is 17.7. The molecule has 0 aliphatic carbocycles. The highest BCUT2D eigenvalue weighted by atomic mass is 16.5. The van der Waals surface area contributed by atoms with Gasteiger partial charge in [0.05, 0.1) is 31.9 Å². The van der Waals surface area contributed by atoms with E-state index in [1.165, 1.54) is 0 Å². The Labute approximate surface area is 125 Å². The van der Waals surface area contributed by atoms with Crippen LogP contribution in [0.15, 0.2) is 0 Å². The zero-order valence-electron chi connectivity index (χ0n) is 13.2. The van der Waals surface area contributed by atoms with Gasteiger partial charge in [-0.15, -0.1) is 0 Å². The zero-order valence-corrected chi connectivity index (χ0v) is 13.2. The van der Waals surface area contributed by atoms with Crippen LogP contribution >= 0.6 is 0 Å². The van der Waals surface area contributed by atoms with Crippen LogP contribution in [0.4, 0.5) is 4.79 Å². The summed E-state index contributed by atoms with van der Waals surface area (Å²) in [6.07, 6.45) is 0. The monoisotopic (exact) mass is 302 g/mol. The molecule has 1 N–H and O–H groups in total. The fraction of sp³-hybridized carbons (Fsp3) is 0.857.